The molecule has 0 spiro atoms. The number of benzene rings is 2. The molecule has 0 fully saturated rings. The number of hydrogen-bond donors (Lipinski definition) is 1. The van der Waals surface area contributed by atoms with E-state index in [9.17, 15) is 4.79 Å². The van der Waals surface area contributed by atoms with E-state index in [0.29, 0.717) is 17.3 Å². The van der Waals surface area contributed by atoms with Gasteiger partial charge in [-0.3, -0.25) is 4.79 Å². The molecular formula is C18H20ClNO2. The number of hydrogen-bond acceptors (Lipinski definition) is 2. The number of amides is 1. The molecule has 22 heavy (non-hydrogen) atoms. The van der Waals surface area contributed by atoms with Crippen molar-refractivity contribution < 1.29 is 9.53 Å². The highest BCUT2D eigenvalue weighted by atomic mass is 35.5. The minimum absolute atomic E-state index is 0.0132. The van der Waals surface area contributed by atoms with E-state index >= 15 is 0 Å². The van der Waals surface area contributed by atoms with Crippen LogP contribution in [0.1, 0.15) is 22.3 Å². The van der Waals surface area contributed by atoms with Crippen LogP contribution < -0.4 is 5.32 Å². The first-order chi connectivity index (χ1) is 10.5. The molecule has 1 amide bonds. The third-order valence-electron chi connectivity index (χ3n) is 3.53. The smallest absolute Gasteiger partial charge is 0.250 e. The van der Waals surface area contributed by atoms with Gasteiger partial charge in [-0.05, 0) is 49.6 Å². The number of anilines is 1. The summed E-state index contributed by atoms with van der Waals surface area (Å²) in [5, 5.41) is 3.45. The number of ether oxygens (including phenoxy) is 1. The SMILES string of the molecule is Cc1ccc(COCC(=O)Nc2cccc(Cl)c2C)c(C)c1. The van der Waals surface area contributed by atoms with Gasteiger partial charge in [0.15, 0.2) is 0 Å². The third kappa shape index (κ3) is 4.33. The van der Waals surface area contributed by atoms with Gasteiger partial charge in [0.2, 0.25) is 5.91 Å². The minimum atomic E-state index is -0.185. The Bertz CT molecular complexity index is 683. The van der Waals surface area contributed by atoms with Crippen LogP contribution in [0.25, 0.3) is 0 Å². The summed E-state index contributed by atoms with van der Waals surface area (Å²) >= 11 is 6.03. The fraction of sp³-hybridized carbons (Fsp3) is 0.278. The van der Waals surface area contributed by atoms with E-state index in [0.717, 1.165) is 11.1 Å². The number of aryl methyl sites for hydroxylation is 2. The molecule has 3 nitrogen and oxygen atoms in total. The summed E-state index contributed by atoms with van der Waals surface area (Å²) in [5.74, 6) is -0.185. The van der Waals surface area contributed by atoms with Gasteiger partial charge in [-0.1, -0.05) is 41.4 Å². The molecule has 2 aromatic carbocycles. The van der Waals surface area contributed by atoms with E-state index in [4.69, 9.17) is 16.3 Å². The summed E-state index contributed by atoms with van der Waals surface area (Å²) in [6, 6.07) is 11.6. The van der Waals surface area contributed by atoms with Crippen LogP contribution in [-0.2, 0) is 16.1 Å². The first-order valence-electron chi connectivity index (χ1n) is 7.16. The molecule has 2 aromatic rings. The van der Waals surface area contributed by atoms with Gasteiger partial charge in [0.25, 0.3) is 0 Å². The molecule has 0 atom stereocenters. The minimum Gasteiger partial charge on any atom is -0.367 e. The molecule has 0 aliphatic carbocycles. The predicted molar refractivity (Wildman–Crippen MR) is 90.4 cm³/mol. The molecule has 0 aromatic heterocycles. The Kier molecular flexibility index (Phi) is 5.58. The summed E-state index contributed by atoms with van der Waals surface area (Å²) in [5.41, 5.74) is 5.05. The number of carbonyl (C=O) groups excluding carboxylic acids is 1. The van der Waals surface area contributed by atoms with E-state index in [1.54, 1.807) is 6.07 Å². The van der Waals surface area contributed by atoms with Crippen LogP contribution in [0, 0.1) is 20.8 Å². The van der Waals surface area contributed by atoms with E-state index < -0.39 is 0 Å². The number of rotatable bonds is 5. The van der Waals surface area contributed by atoms with E-state index in [2.05, 4.69) is 18.3 Å². The Balaban J connectivity index is 1.87. The van der Waals surface area contributed by atoms with Crippen LogP contribution in [0.2, 0.25) is 5.02 Å². The maximum atomic E-state index is 11.9. The molecule has 0 bridgehead atoms. The second-order valence-corrected chi connectivity index (χ2v) is 5.79. The molecule has 0 saturated heterocycles. The lowest BCUT2D eigenvalue weighted by atomic mass is 10.1. The zero-order valence-electron chi connectivity index (χ0n) is 13.1. The molecule has 0 aliphatic rings. The largest absolute Gasteiger partial charge is 0.367 e. The first-order valence-corrected chi connectivity index (χ1v) is 7.54. The molecule has 2 rings (SSSR count). The number of nitrogens with one attached hydrogen (secondary N) is 1. The van der Waals surface area contributed by atoms with Crippen molar-refractivity contribution in [2.45, 2.75) is 27.4 Å². The molecule has 4 heteroatoms. The number of halogens is 1. The Morgan fingerprint density at radius 1 is 1.18 bits per heavy atom. The molecule has 0 heterocycles. The van der Waals surface area contributed by atoms with Gasteiger partial charge in [0.1, 0.15) is 6.61 Å². The van der Waals surface area contributed by atoms with Crippen LogP contribution in [-0.4, -0.2) is 12.5 Å². The van der Waals surface area contributed by atoms with Gasteiger partial charge >= 0.3 is 0 Å². The van der Waals surface area contributed by atoms with Gasteiger partial charge in [-0.2, -0.15) is 0 Å². The van der Waals surface area contributed by atoms with Crippen molar-refractivity contribution in [1.82, 2.24) is 0 Å². The molecule has 0 unspecified atom stereocenters. The van der Waals surface area contributed by atoms with Crippen LogP contribution in [0.15, 0.2) is 36.4 Å². The second kappa shape index (κ2) is 7.43. The Labute approximate surface area is 136 Å². The monoisotopic (exact) mass is 317 g/mol. The Morgan fingerprint density at radius 3 is 2.68 bits per heavy atom. The number of carbonyl (C=O) groups is 1. The van der Waals surface area contributed by atoms with Gasteiger partial charge in [0, 0.05) is 10.7 Å². The summed E-state index contributed by atoms with van der Waals surface area (Å²) < 4.78 is 5.50. The maximum Gasteiger partial charge on any atom is 0.250 e. The summed E-state index contributed by atoms with van der Waals surface area (Å²) in [6.07, 6.45) is 0. The van der Waals surface area contributed by atoms with Gasteiger partial charge in [0.05, 0.1) is 6.61 Å². The van der Waals surface area contributed by atoms with Crippen molar-refractivity contribution in [2.24, 2.45) is 0 Å². The van der Waals surface area contributed by atoms with Crippen molar-refractivity contribution in [3.05, 3.63) is 63.7 Å². The highest BCUT2D eigenvalue weighted by Gasteiger charge is 2.07. The van der Waals surface area contributed by atoms with Crippen molar-refractivity contribution in [3.63, 3.8) is 0 Å². The molecule has 1 N–H and O–H groups in total. The Hall–Kier alpha value is -1.84. The highest BCUT2D eigenvalue weighted by Crippen LogP contribution is 2.22. The molecule has 0 radical (unpaired) electrons. The second-order valence-electron chi connectivity index (χ2n) is 5.38. The lowest BCUT2D eigenvalue weighted by Crippen LogP contribution is -2.19. The normalized spacial score (nSPS) is 10.5. The van der Waals surface area contributed by atoms with E-state index in [1.165, 1.54) is 11.1 Å². The van der Waals surface area contributed by atoms with Crippen LogP contribution >= 0.6 is 11.6 Å². The molecule has 116 valence electrons. The Morgan fingerprint density at radius 2 is 1.95 bits per heavy atom. The van der Waals surface area contributed by atoms with Crippen molar-refractivity contribution in [3.8, 4) is 0 Å². The van der Waals surface area contributed by atoms with Gasteiger partial charge in [-0.15, -0.1) is 0 Å². The maximum absolute atomic E-state index is 11.9. The lowest BCUT2D eigenvalue weighted by Gasteiger charge is -2.11. The average Bonchev–Trinajstić information content (AvgIpc) is 2.46. The quantitative estimate of drug-likeness (QED) is 0.886. The molecule has 0 aliphatic heterocycles. The zero-order chi connectivity index (χ0) is 16.1. The summed E-state index contributed by atoms with van der Waals surface area (Å²) in [4.78, 5) is 11.9. The average molecular weight is 318 g/mol. The standard InChI is InChI=1S/C18H20ClNO2/c1-12-7-8-15(13(2)9-12)10-22-11-18(21)20-17-6-4-5-16(19)14(17)3/h4-9H,10-11H2,1-3H3,(H,20,21). The topological polar surface area (TPSA) is 38.3 Å². The van der Waals surface area contributed by atoms with Crippen molar-refractivity contribution >= 4 is 23.2 Å². The summed E-state index contributed by atoms with van der Waals surface area (Å²) in [7, 11) is 0. The molecular weight excluding hydrogens is 298 g/mol. The fourth-order valence-corrected chi connectivity index (χ4v) is 2.37. The van der Waals surface area contributed by atoms with E-state index in [-0.39, 0.29) is 12.5 Å². The van der Waals surface area contributed by atoms with Gasteiger partial charge < -0.3 is 10.1 Å². The molecule has 0 saturated carbocycles. The van der Waals surface area contributed by atoms with Crippen molar-refractivity contribution in [1.29, 1.82) is 0 Å². The predicted octanol–water partition coefficient (Wildman–Crippen LogP) is 4.42. The first kappa shape index (κ1) is 16.5. The summed E-state index contributed by atoms with van der Waals surface area (Å²) in [6.45, 7) is 6.40. The van der Waals surface area contributed by atoms with Crippen LogP contribution in [0.3, 0.4) is 0 Å². The lowest BCUT2D eigenvalue weighted by molar-refractivity contribution is -0.121. The van der Waals surface area contributed by atoms with Crippen LogP contribution in [0.4, 0.5) is 5.69 Å². The highest BCUT2D eigenvalue weighted by molar-refractivity contribution is 6.31. The van der Waals surface area contributed by atoms with Gasteiger partial charge in [-0.25, -0.2) is 0 Å². The fourth-order valence-electron chi connectivity index (χ4n) is 2.19. The zero-order valence-corrected chi connectivity index (χ0v) is 13.8. The third-order valence-corrected chi connectivity index (χ3v) is 3.94. The van der Waals surface area contributed by atoms with E-state index in [1.807, 2.05) is 38.1 Å². The van der Waals surface area contributed by atoms with Crippen molar-refractivity contribution in [2.75, 3.05) is 11.9 Å². The van der Waals surface area contributed by atoms with Crippen LogP contribution in [0.5, 0.6) is 0 Å².